The number of carbonyl (C=O) groups excluding carboxylic acids is 3. The second kappa shape index (κ2) is 11.5. The summed E-state index contributed by atoms with van der Waals surface area (Å²) in [5.74, 6) is -3.52. The van der Waals surface area contributed by atoms with E-state index in [4.69, 9.17) is 15.9 Å². The molecule has 0 aliphatic carbocycles. The van der Waals surface area contributed by atoms with E-state index in [1.165, 1.54) is 6.92 Å². The van der Waals surface area contributed by atoms with Crippen LogP contribution in [0.5, 0.6) is 0 Å². The van der Waals surface area contributed by atoms with Gasteiger partial charge in [0.25, 0.3) is 0 Å². The van der Waals surface area contributed by atoms with Crippen LogP contribution in [-0.2, 0) is 25.6 Å². The number of H-pyrrole nitrogens is 1. The number of aliphatic hydroxyl groups is 1. The van der Waals surface area contributed by atoms with Crippen LogP contribution in [0.2, 0.25) is 0 Å². The van der Waals surface area contributed by atoms with Gasteiger partial charge in [-0.1, -0.05) is 18.2 Å². The number of benzene rings is 1. The second-order valence-corrected chi connectivity index (χ2v) is 7.59. The molecule has 3 amide bonds. The molecule has 32 heavy (non-hydrogen) atoms. The fourth-order valence-electron chi connectivity index (χ4n) is 2.96. The predicted molar refractivity (Wildman–Crippen MR) is 120 cm³/mol. The molecule has 8 N–H and O–H groups in total. The zero-order valence-corrected chi connectivity index (χ0v) is 18.3. The molecule has 2 rings (SSSR count). The number of carbonyl (C=O) groups is 4. The molecule has 0 spiro atoms. The molecule has 0 saturated carbocycles. The molecule has 0 aliphatic rings. The summed E-state index contributed by atoms with van der Waals surface area (Å²) in [5, 5.41) is 25.8. The van der Waals surface area contributed by atoms with Crippen LogP contribution in [0.15, 0.2) is 30.5 Å². The Bertz CT molecular complexity index is 980. The largest absolute Gasteiger partial charge is 0.480 e. The van der Waals surface area contributed by atoms with Crippen molar-refractivity contribution in [1.29, 1.82) is 0 Å². The molecule has 4 atom stereocenters. The molecule has 4 unspecified atom stereocenters. The molecule has 0 radical (unpaired) electrons. The van der Waals surface area contributed by atoms with E-state index in [1.54, 1.807) is 6.20 Å². The van der Waals surface area contributed by atoms with Gasteiger partial charge in [0.1, 0.15) is 18.1 Å². The predicted octanol–water partition coefficient (Wildman–Crippen LogP) is -1.48. The van der Waals surface area contributed by atoms with Crippen molar-refractivity contribution in [3.05, 3.63) is 36.0 Å². The van der Waals surface area contributed by atoms with Gasteiger partial charge in [0, 0.05) is 22.9 Å². The van der Waals surface area contributed by atoms with E-state index < -0.39 is 54.5 Å². The van der Waals surface area contributed by atoms with Crippen molar-refractivity contribution < 1.29 is 29.4 Å². The number of amides is 3. The standard InChI is InChI=1S/C20H27N5O6S/c1-10(17(27)24-15(8-26)20(30)31)23-19(29)16(9-32)25-18(28)13(21)6-11-7-22-14-5-3-2-4-12(11)14/h2-5,7,10,13,15-16,22,26,32H,6,8-9,21H2,1H3,(H,23,29)(H,24,27)(H,25,28)(H,30,31). The molecular formula is C20H27N5O6S. The molecule has 2 aromatic rings. The zero-order valence-electron chi connectivity index (χ0n) is 17.4. The maximum atomic E-state index is 12.5. The summed E-state index contributed by atoms with van der Waals surface area (Å²) in [7, 11) is 0. The third-order valence-corrected chi connectivity index (χ3v) is 5.18. The number of fused-ring (bicyclic) bond motifs is 1. The molecule has 1 heterocycles. The number of rotatable bonds is 11. The first-order valence-electron chi connectivity index (χ1n) is 9.84. The van der Waals surface area contributed by atoms with Crippen LogP contribution in [0, 0.1) is 0 Å². The zero-order chi connectivity index (χ0) is 23.8. The van der Waals surface area contributed by atoms with E-state index in [-0.39, 0.29) is 12.2 Å². The summed E-state index contributed by atoms with van der Waals surface area (Å²) in [5.41, 5.74) is 7.80. The lowest BCUT2D eigenvalue weighted by Gasteiger charge is -2.22. The summed E-state index contributed by atoms with van der Waals surface area (Å²) in [6.07, 6.45) is 2.02. The quantitative estimate of drug-likeness (QED) is 0.186. The summed E-state index contributed by atoms with van der Waals surface area (Å²) < 4.78 is 0. The van der Waals surface area contributed by atoms with Crippen LogP contribution in [0.4, 0.5) is 0 Å². The minimum atomic E-state index is -1.50. The highest BCUT2D eigenvalue weighted by Gasteiger charge is 2.27. The van der Waals surface area contributed by atoms with Gasteiger partial charge in [-0.2, -0.15) is 12.6 Å². The molecule has 0 bridgehead atoms. The smallest absolute Gasteiger partial charge is 0.328 e. The number of aliphatic carboxylic acids is 1. The molecular weight excluding hydrogens is 438 g/mol. The molecule has 0 fully saturated rings. The number of hydrogen-bond donors (Lipinski definition) is 8. The minimum Gasteiger partial charge on any atom is -0.480 e. The Hall–Kier alpha value is -3.09. The van der Waals surface area contributed by atoms with E-state index in [1.807, 2.05) is 24.3 Å². The lowest BCUT2D eigenvalue weighted by atomic mass is 10.0. The summed E-state index contributed by atoms with van der Waals surface area (Å²) in [6.45, 7) is 0.537. The van der Waals surface area contributed by atoms with Gasteiger partial charge >= 0.3 is 5.97 Å². The monoisotopic (exact) mass is 465 g/mol. The minimum absolute atomic E-state index is 0.0554. The Balaban J connectivity index is 1.93. The van der Waals surface area contributed by atoms with Gasteiger partial charge in [0.05, 0.1) is 12.6 Å². The maximum Gasteiger partial charge on any atom is 0.328 e. The molecule has 1 aromatic carbocycles. The number of nitrogens with one attached hydrogen (secondary N) is 4. The number of carboxylic acids is 1. The fraction of sp³-hybridized carbons (Fsp3) is 0.400. The summed E-state index contributed by atoms with van der Waals surface area (Å²) in [4.78, 5) is 51.0. The van der Waals surface area contributed by atoms with Crippen molar-refractivity contribution in [1.82, 2.24) is 20.9 Å². The number of hydrogen-bond acceptors (Lipinski definition) is 7. The van der Waals surface area contributed by atoms with E-state index in [0.29, 0.717) is 0 Å². The van der Waals surface area contributed by atoms with Gasteiger partial charge in [-0.3, -0.25) is 14.4 Å². The van der Waals surface area contributed by atoms with Crippen molar-refractivity contribution in [2.45, 2.75) is 37.5 Å². The first kappa shape index (κ1) is 25.2. The van der Waals surface area contributed by atoms with Crippen molar-refractivity contribution in [2.75, 3.05) is 12.4 Å². The Labute approximate surface area is 189 Å². The Morgan fingerprint density at radius 2 is 1.72 bits per heavy atom. The van der Waals surface area contributed by atoms with Crippen molar-refractivity contribution in [2.24, 2.45) is 5.73 Å². The van der Waals surface area contributed by atoms with Gasteiger partial charge in [-0.25, -0.2) is 4.79 Å². The number of aromatic nitrogens is 1. The van der Waals surface area contributed by atoms with Gasteiger partial charge < -0.3 is 36.9 Å². The molecule has 0 aliphatic heterocycles. The van der Waals surface area contributed by atoms with Crippen LogP contribution in [0.25, 0.3) is 10.9 Å². The lowest BCUT2D eigenvalue weighted by Crippen LogP contribution is -2.57. The highest BCUT2D eigenvalue weighted by molar-refractivity contribution is 7.80. The number of thiol groups is 1. The molecule has 1 aromatic heterocycles. The average Bonchev–Trinajstić information content (AvgIpc) is 3.17. The van der Waals surface area contributed by atoms with Gasteiger partial charge in [-0.05, 0) is 25.0 Å². The average molecular weight is 466 g/mol. The number of carboxylic acid groups (broad SMARTS) is 1. The van der Waals surface area contributed by atoms with Crippen LogP contribution in [0.1, 0.15) is 12.5 Å². The van der Waals surface area contributed by atoms with E-state index in [0.717, 1.165) is 16.5 Å². The topological polar surface area (TPSA) is 187 Å². The third kappa shape index (κ3) is 6.45. The lowest BCUT2D eigenvalue weighted by molar-refractivity contribution is -0.143. The number of aromatic amines is 1. The van der Waals surface area contributed by atoms with E-state index >= 15 is 0 Å². The third-order valence-electron chi connectivity index (χ3n) is 4.82. The van der Waals surface area contributed by atoms with E-state index in [2.05, 4.69) is 33.6 Å². The first-order chi connectivity index (χ1) is 15.2. The molecule has 12 heteroatoms. The van der Waals surface area contributed by atoms with Crippen molar-refractivity contribution >= 4 is 47.2 Å². The van der Waals surface area contributed by atoms with Gasteiger partial charge in [-0.15, -0.1) is 0 Å². The second-order valence-electron chi connectivity index (χ2n) is 7.23. The van der Waals surface area contributed by atoms with Crippen LogP contribution >= 0.6 is 12.6 Å². The molecule has 174 valence electrons. The summed E-state index contributed by atoms with van der Waals surface area (Å²) in [6, 6.07) is 2.98. The number of nitrogens with two attached hydrogens (primary N) is 1. The summed E-state index contributed by atoms with van der Waals surface area (Å²) >= 11 is 4.07. The number of para-hydroxylation sites is 1. The van der Waals surface area contributed by atoms with Gasteiger partial charge in [0.15, 0.2) is 0 Å². The first-order valence-corrected chi connectivity index (χ1v) is 10.5. The Morgan fingerprint density at radius 1 is 1.06 bits per heavy atom. The van der Waals surface area contributed by atoms with Gasteiger partial charge in [0.2, 0.25) is 17.7 Å². The number of aliphatic hydroxyl groups excluding tert-OH is 1. The Kier molecular flexibility index (Phi) is 9.05. The van der Waals surface area contributed by atoms with E-state index in [9.17, 15) is 19.2 Å². The van der Waals surface area contributed by atoms with Crippen molar-refractivity contribution in [3.63, 3.8) is 0 Å². The molecule has 0 saturated heterocycles. The normalized spacial score (nSPS) is 14.8. The molecule has 11 nitrogen and oxygen atoms in total. The highest BCUT2D eigenvalue weighted by Crippen LogP contribution is 2.18. The van der Waals surface area contributed by atoms with Crippen LogP contribution < -0.4 is 21.7 Å². The highest BCUT2D eigenvalue weighted by atomic mass is 32.1. The van der Waals surface area contributed by atoms with Crippen LogP contribution in [-0.4, -0.2) is 75.4 Å². The fourth-order valence-corrected chi connectivity index (χ4v) is 3.22. The van der Waals surface area contributed by atoms with Crippen LogP contribution in [0.3, 0.4) is 0 Å². The Morgan fingerprint density at radius 3 is 2.34 bits per heavy atom. The maximum absolute atomic E-state index is 12.5. The van der Waals surface area contributed by atoms with Crippen molar-refractivity contribution in [3.8, 4) is 0 Å². The SMILES string of the molecule is CC(NC(=O)C(CS)NC(=O)C(N)Cc1c[nH]c2ccccc12)C(=O)NC(CO)C(=O)O.